The Labute approximate surface area is 186 Å². The molecule has 0 aliphatic carbocycles. The molecule has 0 bridgehead atoms. The van der Waals surface area contributed by atoms with Crippen LogP contribution in [0.2, 0.25) is 0 Å². The summed E-state index contributed by atoms with van der Waals surface area (Å²) in [6.07, 6.45) is 0. The first-order chi connectivity index (χ1) is 15.6. The fraction of sp³-hybridized carbons (Fsp3) is 0.182. The van der Waals surface area contributed by atoms with Gasteiger partial charge in [-0.25, -0.2) is 14.5 Å². The minimum absolute atomic E-state index is 0.0912. The van der Waals surface area contributed by atoms with Gasteiger partial charge in [0.15, 0.2) is 28.1 Å². The van der Waals surface area contributed by atoms with Gasteiger partial charge in [0.25, 0.3) is 5.56 Å². The SMILES string of the molecule is Cc1ccccc1-c1nc(SCC(=O)Nc2ccc3c(c2)OCCO3)n2[nH]c(=O)cc2n1. The third-order valence-electron chi connectivity index (χ3n) is 4.87. The number of anilines is 1. The van der Waals surface area contributed by atoms with Gasteiger partial charge in [-0.15, -0.1) is 0 Å². The van der Waals surface area contributed by atoms with E-state index in [1.807, 2.05) is 31.2 Å². The number of carbonyl (C=O) groups is 1. The Hall–Kier alpha value is -3.79. The monoisotopic (exact) mass is 449 g/mol. The molecule has 2 aromatic heterocycles. The second-order valence-electron chi connectivity index (χ2n) is 7.15. The van der Waals surface area contributed by atoms with E-state index in [1.165, 1.54) is 22.3 Å². The summed E-state index contributed by atoms with van der Waals surface area (Å²) in [5.41, 5.74) is 2.65. The minimum atomic E-state index is -0.288. The highest BCUT2D eigenvalue weighted by Crippen LogP contribution is 2.32. The van der Waals surface area contributed by atoms with E-state index in [-0.39, 0.29) is 17.2 Å². The van der Waals surface area contributed by atoms with E-state index in [1.54, 1.807) is 18.2 Å². The number of hydrogen-bond donors (Lipinski definition) is 2. The molecule has 1 amide bonds. The first-order valence-corrected chi connectivity index (χ1v) is 10.9. The molecule has 4 aromatic rings. The van der Waals surface area contributed by atoms with Gasteiger partial charge in [0.2, 0.25) is 5.91 Å². The number of carbonyl (C=O) groups excluding carboxylic acids is 1. The van der Waals surface area contributed by atoms with Crippen molar-refractivity contribution >= 4 is 29.0 Å². The van der Waals surface area contributed by atoms with Gasteiger partial charge in [-0.3, -0.25) is 14.7 Å². The minimum Gasteiger partial charge on any atom is -0.486 e. The summed E-state index contributed by atoms with van der Waals surface area (Å²) < 4.78 is 12.5. The molecule has 32 heavy (non-hydrogen) atoms. The van der Waals surface area contributed by atoms with Crippen LogP contribution in [0.1, 0.15) is 5.56 Å². The fourth-order valence-corrected chi connectivity index (χ4v) is 4.12. The molecule has 1 aliphatic rings. The van der Waals surface area contributed by atoms with Crippen molar-refractivity contribution in [1.29, 1.82) is 0 Å². The van der Waals surface area contributed by atoms with Crippen molar-refractivity contribution in [3.63, 3.8) is 0 Å². The lowest BCUT2D eigenvalue weighted by molar-refractivity contribution is -0.113. The largest absolute Gasteiger partial charge is 0.486 e. The van der Waals surface area contributed by atoms with Crippen molar-refractivity contribution in [1.82, 2.24) is 19.6 Å². The van der Waals surface area contributed by atoms with Gasteiger partial charge < -0.3 is 14.8 Å². The fourth-order valence-electron chi connectivity index (χ4n) is 3.37. The lowest BCUT2D eigenvalue weighted by Gasteiger charge is -2.19. The van der Waals surface area contributed by atoms with Crippen molar-refractivity contribution in [2.45, 2.75) is 12.1 Å². The number of ether oxygens (including phenoxy) is 2. The highest BCUT2D eigenvalue weighted by atomic mass is 32.2. The summed E-state index contributed by atoms with van der Waals surface area (Å²) in [6.45, 7) is 2.96. The Morgan fingerprint density at radius 3 is 2.78 bits per heavy atom. The maximum absolute atomic E-state index is 12.6. The molecule has 0 radical (unpaired) electrons. The van der Waals surface area contributed by atoms with Gasteiger partial charge in [0.05, 0.1) is 5.75 Å². The molecule has 0 fully saturated rings. The molecule has 3 heterocycles. The van der Waals surface area contributed by atoms with E-state index in [4.69, 9.17) is 9.47 Å². The average Bonchev–Trinajstić information content (AvgIpc) is 3.18. The summed E-state index contributed by atoms with van der Waals surface area (Å²) in [5, 5.41) is 6.00. The van der Waals surface area contributed by atoms with Gasteiger partial charge in [-0.1, -0.05) is 36.0 Å². The van der Waals surface area contributed by atoms with Crippen molar-refractivity contribution in [3.05, 3.63) is 64.4 Å². The molecule has 9 nitrogen and oxygen atoms in total. The summed E-state index contributed by atoms with van der Waals surface area (Å²) >= 11 is 1.21. The molecule has 2 N–H and O–H groups in total. The number of benzene rings is 2. The third-order valence-corrected chi connectivity index (χ3v) is 5.81. The smallest absolute Gasteiger partial charge is 0.266 e. The molecule has 2 aromatic carbocycles. The number of rotatable bonds is 5. The number of thioether (sulfide) groups is 1. The maximum Gasteiger partial charge on any atom is 0.266 e. The van der Waals surface area contributed by atoms with Crippen LogP contribution in [0, 0.1) is 6.92 Å². The van der Waals surface area contributed by atoms with E-state index in [0.29, 0.717) is 47.0 Å². The first-order valence-electron chi connectivity index (χ1n) is 9.95. The Balaban J connectivity index is 1.37. The van der Waals surface area contributed by atoms with E-state index in [9.17, 15) is 9.59 Å². The van der Waals surface area contributed by atoms with E-state index in [2.05, 4.69) is 20.4 Å². The van der Waals surface area contributed by atoms with Crippen molar-refractivity contribution in [3.8, 4) is 22.9 Å². The van der Waals surface area contributed by atoms with Crippen LogP contribution in [0.25, 0.3) is 17.0 Å². The highest BCUT2D eigenvalue weighted by Gasteiger charge is 2.16. The number of nitrogens with one attached hydrogen (secondary N) is 2. The lowest BCUT2D eigenvalue weighted by atomic mass is 10.1. The number of H-pyrrole nitrogens is 1. The zero-order valence-corrected chi connectivity index (χ0v) is 17.9. The summed E-state index contributed by atoms with van der Waals surface area (Å²) in [4.78, 5) is 33.6. The van der Waals surface area contributed by atoms with Gasteiger partial charge in [0, 0.05) is 23.4 Å². The Kier molecular flexibility index (Phi) is 5.28. The topological polar surface area (TPSA) is 111 Å². The molecular formula is C22H19N5O4S. The zero-order valence-electron chi connectivity index (χ0n) is 17.1. The van der Waals surface area contributed by atoms with E-state index >= 15 is 0 Å². The Morgan fingerprint density at radius 2 is 1.94 bits per heavy atom. The van der Waals surface area contributed by atoms with Crippen molar-refractivity contribution in [2.75, 3.05) is 24.3 Å². The number of nitrogens with zero attached hydrogens (tertiary/aromatic N) is 3. The predicted molar refractivity (Wildman–Crippen MR) is 121 cm³/mol. The van der Waals surface area contributed by atoms with Gasteiger partial charge in [-0.2, -0.15) is 0 Å². The third kappa shape index (κ3) is 4.04. The summed E-state index contributed by atoms with van der Waals surface area (Å²) in [6, 6.07) is 14.4. The molecule has 0 unspecified atom stereocenters. The summed E-state index contributed by atoms with van der Waals surface area (Å²) in [5.74, 6) is 1.63. The van der Waals surface area contributed by atoms with Gasteiger partial charge in [0.1, 0.15) is 13.2 Å². The molecule has 1 aliphatic heterocycles. The Bertz CT molecular complexity index is 1380. The van der Waals surface area contributed by atoms with Crippen LogP contribution >= 0.6 is 11.8 Å². The molecule has 0 saturated carbocycles. The second-order valence-corrected chi connectivity index (χ2v) is 8.10. The second kappa shape index (κ2) is 8.39. The van der Waals surface area contributed by atoms with Crippen LogP contribution in [0.5, 0.6) is 11.5 Å². The zero-order chi connectivity index (χ0) is 22.1. The van der Waals surface area contributed by atoms with Gasteiger partial charge >= 0.3 is 0 Å². The predicted octanol–water partition coefficient (Wildman–Crippen LogP) is 2.90. The van der Waals surface area contributed by atoms with E-state index in [0.717, 1.165) is 11.1 Å². The van der Waals surface area contributed by atoms with Crippen LogP contribution in [-0.4, -0.2) is 44.5 Å². The molecule has 0 atom stereocenters. The Morgan fingerprint density at radius 1 is 1.12 bits per heavy atom. The van der Waals surface area contributed by atoms with Crippen LogP contribution in [0.4, 0.5) is 5.69 Å². The number of aromatic amines is 1. The lowest BCUT2D eigenvalue weighted by Crippen LogP contribution is -2.17. The molecule has 10 heteroatoms. The van der Waals surface area contributed by atoms with Crippen molar-refractivity contribution < 1.29 is 14.3 Å². The number of aryl methyl sites for hydroxylation is 1. The molecule has 0 spiro atoms. The average molecular weight is 449 g/mol. The van der Waals surface area contributed by atoms with Crippen molar-refractivity contribution in [2.24, 2.45) is 0 Å². The van der Waals surface area contributed by atoms with E-state index < -0.39 is 0 Å². The molecular weight excluding hydrogens is 430 g/mol. The number of aromatic nitrogens is 4. The number of amides is 1. The number of hydrogen-bond acceptors (Lipinski definition) is 7. The van der Waals surface area contributed by atoms with Crippen LogP contribution in [0.3, 0.4) is 0 Å². The molecule has 162 valence electrons. The quantitative estimate of drug-likeness (QED) is 0.451. The standard InChI is InChI=1S/C22H19N5O4S/c1-13-4-2-3-5-15(13)21-24-18-11-19(28)26-27(18)22(25-21)32-12-20(29)23-14-6-7-16-17(10-14)31-9-8-30-16/h2-7,10-11H,8-9,12H2,1H3,(H,23,29)(H,26,28). The normalized spacial score (nSPS) is 12.7. The maximum atomic E-state index is 12.6. The van der Waals surface area contributed by atoms with Crippen LogP contribution in [0.15, 0.2) is 58.5 Å². The molecule has 0 saturated heterocycles. The first kappa shape index (κ1) is 20.1. The van der Waals surface area contributed by atoms with Gasteiger partial charge in [-0.05, 0) is 24.6 Å². The van der Waals surface area contributed by atoms with Crippen LogP contribution in [-0.2, 0) is 4.79 Å². The summed E-state index contributed by atoms with van der Waals surface area (Å²) in [7, 11) is 0. The van der Waals surface area contributed by atoms with Crippen LogP contribution < -0.4 is 20.3 Å². The highest BCUT2D eigenvalue weighted by molar-refractivity contribution is 7.99. The number of fused-ring (bicyclic) bond motifs is 2. The molecule has 5 rings (SSSR count).